The molecular weight excluding hydrogens is 344 g/mol. The molecule has 0 bridgehead atoms. The number of benzene rings is 2. The van der Waals surface area contributed by atoms with Gasteiger partial charge in [0.15, 0.2) is 17.6 Å². The second-order valence-electron chi connectivity index (χ2n) is 5.70. The van der Waals surface area contributed by atoms with Crippen LogP contribution >= 0.6 is 0 Å². The second kappa shape index (κ2) is 6.47. The van der Waals surface area contributed by atoms with E-state index < -0.39 is 29.7 Å². The summed E-state index contributed by atoms with van der Waals surface area (Å²) in [6, 6.07) is 6.50. The van der Waals surface area contributed by atoms with Crippen LogP contribution in [0.1, 0.15) is 28.9 Å². The Morgan fingerprint density at radius 2 is 1.85 bits per heavy atom. The Morgan fingerprint density at radius 1 is 1.12 bits per heavy atom. The van der Waals surface area contributed by atoms with Gasteiger partial charge >= 0.3 is 5.97 Å². The Labute approximate surface area is 148 Å². The minimum atomic E-state index is -1.37. The van der Waals surface area contributed by atoms with Crippen LogP contribution in [-0.2, 0) is 9.53 Å². The van der Waals surface area contributed by atoms with E-state index in [0.29, 0.717) is 5.56 Å². The number of carbonyl (C=O) groups is 2. The predicted molar refractivity (Wildman–Crippen MR) is 87.7 cm³/mol. The van der Waals surface area contributed by atoms with Crippen LogP contribution in [0.2, 0.25) is 0 Å². The summed E-state index contributed by atoms with van der Waals surface area (Å²) in [6.07, 6.45) is -2.46. The smallest absolute Gasteiger partial charge is 0.303 e. The fraction of sp³-hybridized carbons (Fsp3) is 0.222. The van der Waals surface area contributed by atoms with Crippen molar-refractivity contribution in [2.24, 2.45) is 0 Å². The summed E-state index contributed by atoms with van der Waals surface area (Å²) in [4.78, 5) is 24.2. The van der Waals surface area contributed by atoms with E-state index in [1.54, 1.807) is 6.07 Å². The highest BCUT2D eigenvalue weighted by molar-refractivity contribution is 6.06. The molecule has 2 aromatic rings. The highest BCUT2D eigenvalue weighted by Crippen LogP contribution is 2.43. The standard InChI is InChI=1S/C18H16O8/c1-8(19)25-18-16(23)15-12(22)6-10(20)7-14(15)26-17(18)9-3-4-13(24-2)11(21)5-9/h3-7,17-18,20-22H,1-2H3/t17-,18+/m0/s1. The topological polar surface area (TPSA) is 123 Å². The summed E-state index contributed by atoms with van der Waals surface area (Å²) >= 11 is 0. The van der Waals surface area contributed by atoms with E-state index in [4.69, 9.17) is 14.2 Å². The zero-order valence-electron chi connectivity index (χ0n) is 13.9. The lowest BCUT2D eigenvalue weighted by Crippen LogP contribution is -2.39. The molecule has 2 atom stereocenters. The average Bonchev–Trinajstić information content (AvgIpc) is 2.56. The van der Waals surface area contributed by atoms with Crippen LogP contribution in [0.4, 0.5) is 0 Å². The van der Waals surface area contributed by atoms with Crippen molar-refractivity contribution in [1.82, 2.24) is 0 Å². The minimum Gasteiger partial charge on any atom is -0.508 e. The van der Waals surface area contributed by atoms with Crippen LogP contribution in [0.3, 0.4) is 0 Å². The number of aromatic hydroxyl groups is 3. The Bertz CT molecular complexity index is 889. The molecule has 0 radical (unpaired) electrons. The number of methoxy groups -OCH3 is 1. The number of phenolic OH excluding ortho intramolecular Hbond substituents is 3. The number of hydrogen-bond donors (Lipinski definition) is 3. The van der Waals surface area contributed by atoms with Crippen LogP contribution in [0.5, 0.6) is 28.7 Å². The molecule has 1 heterocycles. The predicted octanol–water partition coefficient (Wildman–Crippen LogP) is 2.06. The zero-order chi connectivity index (χ0) is 19.0. The largest absolute Gasteiger partial charge is 0.508 e. The molecule has 3 N–H and O–H groups in total. The van der Waals surface area contributed by atoms with Gasteiger partial charge in [0.2, 0.25) is 11.9 Å². The number of esters is 1. The van der Waals surface area contributed by atoms with Gasteiger partial charge in [-0.2, -0.15) is 0 Å². The van der Waals surface area contributed by atoms with Gasteiger partial charge < -0.3 is 29.5 Å². The number of rotatable bonds is 3. The van der Waals surface area contributed by atoms with Gasteiger partial charge in [-0.05, 0) is 12.1 Å². The average molecular weight is 360 g/mol. The van der Waals surface area contributed by atoms with Gasteiger partial charge in [0.25, 0.3) is 0 Å². The number of ether oxygens (including phenoxy) is 3. The van der Waals surface area contributed by atoms with Crippen molar-refractivity contribution in [2.45, 2.75) is 19.1 Å². The second-order valence-corrected chi connectivity index (χ2v) is 5.70. The number of carbonyl (C=O) groups excluding carboxylic acids is 2. The molecular formula is C18H16O8. The summed E-state index contributed by atoms with van der Waals surface area (Å²) < 4.78 is 15.8. The molecule has 0 saturated carbocycles. The van der Waals surface area contributed by atoms with Gasteiger partial charge in [0.05, 0.1) is 7.11 Å². The zero-order valence-corrected chi connectivity index (χ0v) is 13.9. The van der Waals surface area contributed by atoms with Gasteiger partial charge in [-0.3, -0.25) is 9.59 Å². The first-order chi connectivity index (χ1) is 12.3. The van der Waals surface area contributed by atoms with Crippen molar-refractivity contribution in [1.29, 1.82) is 0 Å². The van der Waals surface area contributed by atoms with Crippen molar-refractivity contribution in [3.63, 3.8) is 0 Å². The lowest BCUT2D eigenvalue weighted by molar-refractivity contribution is -0.148. The highest BCUT2D eigenvalue weighted by Gasteiger charge is 2.42. The minimum absolute atomic E-state index is 0.0591. The van der Waals surface area contributed by atoms with Crippen LogP contribution < -0.4 is 9.47 Å². The van der Waals surface area contributed by atoms with Crippen molar-refractivity contribution >= 4 is 11.8 Å². The molecule has 1 aliphatic heterocycles. The first kappa shape index (κ1) is 17.4. The summed E-state index contributed by atoms with van der Waals surface area (Å²) in [7, 11) is 1.39. The molecule has 0 spiro atoms. The van der Waals surface area contributed by atoms with Crippen molar-refractivity contribution < 1.29 is 39.1 Å². The maximum atomic E-state index is 12.8. The Hall–Kier alpha value is -3.42. The third-order valence-corrected chi connectivity index (χ3v) is 3.92. The first-order valence-electron chi connectivity index (χ1n) is 7.62. The monoisotopic (exact) mass is 360 g/mol. The van der Waals surface area contributed by atoms with E-state index in [1.807, 2.05) is 0 Å². The van der Waals surface area contributed by atoms with Gasteiger partial charge in [-0.1, -0.05) is 6.07 Å². The summed E-state index contributed by atoms with van der Waals surface area (Å²) in [5.74, 6) is -2.20. The number of ketones is 1. The van der Waals surface area contributed by atoms with E-state index in [1.165, 1.54) is 25.3 Å². The van der Waals surface area contributed by atoms with Gasteiger partial charge in [0.1, 0.15) is 22.8 Å². The Balaban J connectivity index is 2.11. The normalized spacial score (nSPS) is 18.6. The highest BCUT2D eigenvalue weighted by atomic mass is 16.6. The lowest BCUT2D eigenvalue weighted by atomic mass is 9.92. The van der Waals surface area contributed by atoms with E-state index >= 15 is 0 Å². The van der Waals surface area contributed by atoms with E-state index in [2.05, 4.69) is 0 Å². The molecule has 8 nitrogen and oxygen atoms in total. The number of hydrogen-bond acceptors (Lipinski definition) is 8. The molecule has 0 aromatic heterocycles. The molecule has 2 aromatic carbocycles. The molecule has 26 heavy (non-hydrogen) atoms. The fourth-order valence-electron chi connectivity index (χ4n) is 2.83. The van der Waals surface area contributed by atoms with Crippen LogP contribution in [-0.4, -0.2) is 40.3 Å². The molecule has 0 fully saturated rings. The summed E-state index contributed by atoms with van der Waals surface area (Å²) in [6.45, 7) is 1.14. The van der Waals surface area contributed by atoms with Crippen LogP contribution in [0.15, 0.2) is 30.3 Å². The molecule has 1 aliphatic rings. The SMILES string of the molecule is COc1ccc([C@@H]2Oc3cc(O)cc(O)c3C(=O)[C@H]2OC(C)=O)cc1O. The number of Topliss-reactive ketones (excluding diaryl/α,β-unsaturated/α-hetero) is 1. The van der Waals surface area contributed by atoms with Crippen molar-refractivity contribution in [3.8, 4) is 28.7 Å². The first-order valence-corrected chi connectivity index (χ1v) is 7.62. The molecule has 0 saturated heterocycles. The van der Waals surface area contributed by atoms with Gasteiger partial charge in [0, 0.05) is 24.6 Å². The van der Waals surface area contributed by atoms with Crippen molar-refractivity contribution in [2.75, 3.05) is 7.11 Å². The van der Waals surface area contributed by atoms with Crippen molar-refractivity contribution in [3.05, 3.63) is 41.5 Å². The fourth-order valence-corrected chi connectivity index (χ4v) is 2.83. The summed E-state index contributed by atoms with van der Waals surface area (Å²) in [5.41, 5.74) is 0.152. The molecule has 0 unspecified atom stereocenters. The molecule has 0 aliphatic carbocycles. The molecule has 3 rings (SSSR count). The third-order valence-electron chi connectivity index (χ3n) is 3.92. The maximum absolute atomic E-state index is 12.8. The van der Waals surface area contributed by atoms with E-state index in [-0.39, 0.29) is 28.6 Å². The third kappa shape index (κ3) is 2.97. The number of phenols is 3. The van der Waals surface area contributed by atoms with E-state index in [9.17, 15) is 24.9 Å². The molecule has 8 heteroatoms. The lowest BCUT2D eigenvalue weighted by Gasteiger charge is -2.32. The summed E-state index contributed by atoms with van der Waals surface area (Å²) in [5, 5.41) is 29.6. The maximum Gasteiger partial charge on any atom is 0.303 e. The quantitative estimate of drug-likeness (QED) is 0.711. The van der Waals surface area contributed by atoms with Crippen LogP contribution in [0.25, 0.3) is 0 Å². The molecule has 136 valence electrons. The number of fused-ring (bicyclic) bond motifs is 1. The van der Waals surface area contributed by atoms with Gasteiger partial charge in [-0.15, -0.1) is 0 Å². The van der Waals surface area contributed by atoms with Crippen LogP contribution in [0, 0.1) is 0 Å². The Kier molecular flexibility index (Phi) is 4.33. The Morgan fingerprint density at radius 3 is 2.46 bits per heavy atom. The molecule has 0 amide bonds. The van der Waals surface area contributed by atoms with E-state index in [0.717, 1.165) is 13.0 Å². The van der Waals surface area contributed by atoms with Gasteiger partial charge in [-0.25, -0.2) is 0 Å².